The first-order valence-corrected chi connectivity index (χ1v) is 4.14. The van der Waals surface area contributed by atoms with Crippen molar-refractivity contribution in [3.63, 3.8) is 0 Å². The second kappa shape index (κ2) is 3.56. The molecule has 0 aliphatic heterocycles. The van der Waals surface area contributed by atoms with Gasteiger partial charge in [0, 0.05) is 0 Å². The Morgan fingerprint density at radius 2 is 1.64 bits per heavy atom. The van der Waals surface area contributed by atoms with Crippen LogP contribution in [0.5, 0.6) is 0 Å². The molecule has 0 nitrogen and oxygen atoms in total. The van der Waals surface area contributed by atoms with Gasteiger partial charge < -0.3 is 0 Å². The first-order valence-electron chi connectivity index (χ1n) is 4.14. The van der Waals surface area contributed by atoms with E-state index in [1.807, 2.05) is 0 Å². The molecule has 1 rings (SSSR count). The van der Waals surface area contributed by atoms with Gasteiger partial charge in [0.2, 0.25) is 0 Å². The summed E-state index contributed by atoms with van der Waals surface area (Å²) >= 11 is 0. The number of hydrogen-bond acceptors (Lipinski definition) is 0. The molecule has 1 radical (unpaired) electrons. The molecule has 1 aromatic carbocycles. The fourth-order valence-electron chi connectivity index (χ4n) is 1.36. The average Bonchev–Trinajstić information content (AvgIpc) is 1.85. The van der Waals surface area contributed by atoms with Gasteiger partial charge in [-0.15, -0.1) is 0 Å². The summed E-state index contributed by atoms with van der Waals surface area (Å²) in [5.41, 5.74) is 4.06. The van der Waals surface area contributed by atoms with Gasteiger partial charge in [-0.1, -0.05) is 36.2 Å². The molecule has 1 aromatic rings. The molecule has 0 bridgehead atoms. The number of benzene rings is 1. The zero-order valence-corrected chi connectivity index (χ0v) is 7.52. The zero-order valence-electron chi connectivity index (χ0n) is 7.52. The molecule has 0 atom stereocenters. The first kappa shape index (κ1) is 8.32. The van der Waals surface area contributed by atoms with E-state index in [1.165, 1.54) is 16.7 Å². The highest BCUT2D eigenvalue weighted by Gasteiger charge is 1.93. The molecule has 0 heterocycles. The van der Waals surface area contributed by atoms with Crippen LogP contribution in [0.15, 0.2) is 18.2 Å². The van der Waals surface area contributed by atoms with Crippen molar-refractivity contribution in [2.45, 2.75) is 27.2 Å². The van der Waals surface area contributed by atoms with Crippen molar-refractivity contribution in [1.82, 2.24) is 0 Å². The molecule has 0 spiro atoms. The molecule has 0 fully saturated rings. The number of rotatable bonds is 2. The summed E-state index contributed by atoms with van der Waals surface area (Å²) < 4.78 is 0. The minimum atomic E-state index is 1.11. The Morgan fingerprint density at radius 1 is 1.09 bits per heavy atom. The normalized spacial score (nSPS) is 10.1. The largest absolute Gasteiger partial charge is 0.0648 e. The van der Waals surface area contributed by atoms with Crippen LogP contribution in [0, 0.1) is 20.3 Å². The molecule has 59 valence electrons. The molecule has 0 aliphatic carbocycles. The van der Waals surface area contributed by atoms with E-state index in [0.717, 1.165) is 6.42 Å². The zero-order chi connectivity index (χ0) is 8.27. The number of hydrogen-bond donors (Lipinski definition) is 0. The van der Waals surface area contributed by atoms with Crippen LogP contribution < -0.4 is 0 Å². The van der Waals surface area contributed by atoms with Gasteiger partial charge in [-0.3, -0.25) is 0 Å². The molecule has 0 saturated carbocycles. The maximum Gasteiger partial charge on any atom is -0.00956 e. The summed E-state index contributed by atoms with van der Waals surface area (Å²) in [6, 6.07) is 6.64. The van der Waals surface area contributed by atoms with Crippen LogP contribution in [-0.2, 0) is 0 Å². The molecule has 0 aromatic heterocycles. The van der Waals surface area contributed by atoms with Crippen LogP contribution in [0.3, 0.4) is 0 Å². The van der Waals surface area contributed by atoms with E-state index >= 15 is 0 Å². The van der Waals surface area contributed by atoms with Crippen molar-refractivity contribution in [2.24, 2.45) is 0 Å². The van der Waals surface area contributed by atoms with E-state index in [9.17, 15) is 0 Å². The van der Waals surface area contributed by atoms with Gasteiger partial charge in [0.15, 0.2) is 0 Å². The van der Waals surface area contributed by atoms with Crippen molar-refractivity contribution >= 4 is 0 Å². The third kappa shape index (κ3) is 2.38. The van der Waals surface area contributed by atoms with E-state index in [1.54, 1.807) is 0 Å². The van der Waals surface area contributed by atoms with Gasteiger partial charge in [0.25, 0.3) is 0 Å². The van der Waals surface area contributed by atoms with Gasteiger partial charge in [-0.05, 0) is 32.3 Å². The summed E-state index contributed by atoms with van der Waals surface area (Å²) in [4.78, 5) is 0. The standard InChI is InChI=1S/C11H15/c1-4-5-11-7-9(2)6-10(3)8-11/h5-8H,4H2,1-3H3. The van der Waals surface area contributed by atoms with Gasteiger partial charge in [-0.25, -0.2) is 0 Å². The van der Waals surface area contributed by atoms with Crippen LogP contribution in [-0.4, -0.2) is 0 Å². The van der Waals surface area contributed by atoms with Gasteiger partial charge >= 0.3 is 0 Å². The average molecular weight is 147 g/mol. The monoisotopic (exact) mass is 147 g/mol. The maximum atomic E-state index is 2.25. The molecule has 0 amide bonds. The summed E-state index contributed by atoms with van der Waals surface area (Å²) in [6.45, 7) is 6.44. The molecule has 0 aliphatic rings. The summed E-state index contributed by atoms with van der Waals surface area (Å²) in [7, 11) is 0. The van der Waals surface area contributed by atoms with Gasteiger partial charge in [0.05, 0.1) is 0 Å². The van der Waals surface area contributed by atoms with Crippen molar-refractivity contribution in [1.29, 1.82) is 0 Å². The van der Waals surface area contributed by atoms with E-state index < -0.39 is 0 Å². The van der Waals surface area contributed by atoms with E-state index in [2.05, 4.69) is 45.4 Å². The maximum absolute atomic E-state index is 2.25. The predicted octanol–water partition coefficient (Wildman–Crippen LogP) is 3.27. The second-order valence-electron chi connectivity index (χ2n) is 3.03. The van der Waals surface area contributed by atoms with Crippen molar-refractivity contribution in [2.75, 3.05) is 0 Å². The predicted molar refractivity (Wildman–Crippen MR) is 49.6 cm³/mol. The summed E-state index contributed by atoms with van der Waals surface area (Å²) in [6.07, 6.45) is 3.36. The lowest BCUT2D eigenvalue weighted by atomic mass is 10.0. The fourth-order valence-corrected chi connectivity index (χ4v) is 1.36. The first-order chi connectivity index (χ1) is 5.22. The van der Waals surface area contributed by atoms with E-state index in [0.29, 0.717) is 0 Å². The second-order valence-corrected chi connectivity index (χ2v) is 3.03. The molecule has 0 N–H and O–H groups in total. The van der Waals surface area contributed by atoms with Crippen molar-refractivity contribution in [3.05, 3.63) is 41.3 Å². The topological polar surface area (TPSA) is 0 Å². The third-order valence-corrected chi connectivity index (χ3v) is 1.68. The molecule has 0 unspecified atom stereocenters. The SMILES string of the molecule is CC[CH]c1cc(C)cc(C)c1. The van der Waals surface area contributed by atoms with Gasteiger partial charge in [0.1, 0.15) is 0 Å². The lowest BCUT2D eigenvalue weighted by Crippen LogP contribution is -1.84. The smallest absolute Gasteiger partial charge is 0.00956 e. The van der Waals surface area contributed by atoms with Crippen LogP contribution in [0.1, 0.15) is 30.0 Å². The fraction of sp³-hybridized carbons (Fsp3) is 0.364. The Bertz CT molecular complexity index is 216. The van der Waals surface area contributed by atoms with E-state index in [4.69, 9.17) is 0 Å². The van der Waals surface area contributed by atoms with Crippen LogP contribution in [0.2, 0.25) is 0 Å². The van der Waals surface area contributed by atoms with Gasteiger partial charge in [-0.2, -0.15) is 0 Å². The molecular formula is C11H15. The molecule has 0 saturated heterocycles. The Morgan fingerprint density at radius 3 is 2.09 bits per heavy atom. The van der Waals surface area contributed by atoms with Crippen LogP contribution in [0.25, 0.3) is 0 Å². The highest BCUT2D eigenvalue weighted by atomic mass is 14.0. The minimum absolute atomic E-state index is 1.11. The third-order valence-electron chi connectivity index (χ3n) is 1.68. The summed E-state index contributed by atoms with van der Waals surface area (Å²) in [5.74, 6) is 0. The molecule has 0 heteroatoms. The Kier molecular flexibility index (Phi) is 2.70. The van der Waals surface area contributed by atoms with Crippen molar-refractivity contribution < 1.29 is 0 Å². The minimum Gasteiger partial charge on any atom is -0.0648 e. The van der Waals surface area contributed by atoms with Crippen molar-refractivity contribution in [3.8, 4) is 0 Å². The highest BCUT2D eigenvalue weighted by molar-refractivity contribution is 5.32. The molecular weight excluding hydrogens is 132 g/mol. The summed E-state index contributed by atoms with van der Waals surface area (Å²) in [5, 5.41) is 0. The Hall–Kier alpha value is -0.780. The quantitative estimate of drug-likeness (QED) is 0.602. The Balaban J connectivity index is 2.89. The Labute approximate surface area is 69.3 Å². The van der Waals surface area contributed by atoms with Crippen LogP contribution >= 0.6 is 0 Å². The van der Waals surface area contributed by atoms with Crippen LogP contribution in [0.4, 0.5) is 0 Å². The van der Waals surface area contributed by atoms with E-state index in [-0.39, 0.29) is 0 Å². The lowest BCUT2D eigenvalue weighted by Gasteiger charge is -2.01. The molecule has 11 heavy (non-hydrogen) atoms. The highest BCUT2D eigenvalue weighted by Crippen LogP contribution is 2.11. The lowest BCUT2D eigenvalue weighted by molar-refractivity contribution is 1.11. The number of aryl methyl sites for hydroxylation is 2.